The van der Waals surface area contributed by atoms with Gasteiger partial charge in [-0.25, -0.2) is 0 Å². The van der Waals surface area contributed by atoms with Crippen LogP contribution in [0.25, 0.3) is 0 Å². The number of hydrogen-bond donors (Lipinski definition) is 1. The summed E-state index contributed by atoms with van der Waals surface area (Å²) in [5.41, 5.74) is 4.33. The molecule has 0 aromatic heterocycles. The third-order valence-electron chi connectivity index (χ3n) is 5.19. The van der Waals surface area contributed by atoms with Crippen LogP contribution in [0.4, 0.5) is 0 Å². The first-order chi connectivity index (χ1) is 9.72. The Morgan fingerprint density at radius 1 is 1.14 bits per heavy atom. The minimum absolute atomic E-state index is 0. The summed E-state index contributed by atoms with van der Waals surface area (Å²) < 4.78 is 0. The summed E-state index contributed by atoms with van der Waals surface area (Å²) in [5.74, 6) is 0.924. The molecule has 3 rings (SSSR count). The molecule has 2 fully saturated rings. The van der Waals surface area contributed by atoms with E-state index >= 15 is 0 Å². The van der Waals surface area contributed by atoms with E-state index in [0.29, 0.717) is 0 Å². The van der Waals surface area contributed by atoms with E-state index < -0.39 is 0 Å². The van der Waals surface area contributed by atoms with Gasteiger partial charge in [-0.3, -0.25) is 4.90 Å². The highest BCUT2D eigenvalue weighted by Gasteiger charge is 2.28. The topological polar surface area (TPSA) is 15.3 Å². The van der Waals surface area contributed by atoms with Crippen molar-refractivity contribution >= 4 is 12.4 Å². The predicted molar refractivity (Wildman–Crippen MR) is 92.2 cm³/mol. The van der Waals surface area contributed by atoms with Crippen molar-refractivity contribution in [2.24, 2.45) is 5.92 Å². The maximum absolute atomic E-state index is 3.69. The van der Waals surface area contributed by atoms with E-state index in [0.717, 1.165) is 18.5 Å². The zero-order chi connectivity index (χ0) is 13.9. The lowest BCUT2D eigenvalue weighted by molar-refractivity contribution is 0.157. The molecule has 118 valence electrons. The molecule has 1 aromatic rings. The van der Waals surface area contributed by atoms with Gasteiger partial charge in [0.25, 0.3) is 0 Å². The average Bonchev–Trinajstić information content (AvgIpc) is 2.97. The first kappa shape index (κ1) is 16.8. The lowest BCUT2D eigenvalue weighted by Gasteiger charge is -2.35. The first-order valence-corrected chi connectivity index (χ1v) is 8.24. The summed E-state index contributed by atoms with van der Waals surface area (Å²) in [5, 5.41) is 3.69. The Hall–Kier alpha value is -0.570. The molecule has 1 N–H and O–H groups in total. The summed E-state index contributed by atoms with van der Waals surface area (Å²) in [6, 6.07) is 7.69. The van der Waals surface area contributed by atoms with Crippen molar-refractivity contribution in [3.05, 3.63) is 34.9 Å². The van der Waals surface area contributed by atoms with Crippen molar-refractivity contribution in [1.82, 2.24) is 10.2 Å². The van der Waals surface area contributed by atoms with E-state index in [1.165, 1.54) is 62.0 Å². The number of nitrogens with one attached hydrogen (secondary N) is 1. The van der Waals surface area contributed by atoms with Crippen LogP contribution in [0.15, 0.2) is 18.2 Å². The number of hydrogen-bond acceptors (Lipinski definition) is 2. The molecule has 1 atom stereocenters. The van der Waals surface area contributed by atoms with Crippen LogP contribution in [-0.2, 0) is 6.54 Å². The summed E-state index contributed by atoms with van der Waals surface area (Å²) in [4.78, 5) is 2.64. The van der Waals surface area contributed by atoms with Gasteiger partial charge in [0, 0.05) is 12.6 Å². The Morgan fingerprint density at radius 3 is 2.52 bits per heavy atom. The fraction of sp³-hybridized carbons (Fsp3) is 0.667. The van der Waals surface area contributed by atoms with E-state index in [2.05, 4.69) is 42.3 Å². The molecule has 0 spiro atoms. The lowest BCUT2D eigenvalue weighted by Crippen LogP contribution is -2.40. The molecular formula is C18H29ClN2. The van der Waals surface area contributed by atoms with E-state index in [-0.39, 0.29) is 12.4 Å². The monoisotopic (exact) mass is 308 g/mol. The van der Waals surface area contributed by atoms with Crippen LogP contribution in [-0.4, -0.2) is 30.6 Å². The van der Waals surface area contributed by atoms with Gasteiger partial charge in [-0.05, 0) is 76.2 Å². The second-order valence-electron chi connectivity index (χ2n) is 6.75. The number of halogens is 1. The molecule has 0 amide bonds. The van der Waals surface area contributed by atoms with Gasteiger partial charge in [0.2, 0.25) is 0 Å². The number of benzene rings is 1. The van der Waals surface area contributed by atoms with E-state index in [4.69, 9.17) is 0 Å². The lowest BCUT2D eigenvalue weighted by atomic mass is 9.88. The fourth-order valence-corrected chi connectivity index (χ4v) is 3.89. The van der Waals surface area contributed by atoms with Crippen LogP contribution in [0.5, 0.6) is 0 Å². The highest BCUT2D eigenvalue weighted by Crippen LogP contribution is 2.26. The zero-order valence-corrected chi connectivity index (χ0v) is 14.2. The fourth-order valence-electron chi connectivity index (χ4n) is 3.89. The van der Waals surface area contributed by atoms with Gasteiger partial charge < -0.3 is 5.32 Å². The van der Waals surface area contributed by atoms with Crippen molar-refractivity contribution in [1.29, 1.82) is 0 Å². The zero-order valence-electron chi connectivity index (χ0n) is 13.4. The maximum Gasteiger partial charge on any atom is 0.0236 e. The Bertz CT molecular complexity index is 447. The van der Waals surface area contributed by atoms with Crippen molar-refractivity contribution in [2.45, 2.75) is 52.1 Å². The third kappa shape index (κ3) is 4.21. The second kappa shape index (κ2) is 7.62. The minimum atomic E-state index is 0. The molecule has 0 saturated carbocycles. The van der Waals surface area contributed by atoms with Gasteiger partial charge in [-0.15, -0.1) is 12.4 Å². The molecule has 0 radical (unpaired) electrons. The Morgan fingerprint density at radius 2 is 1.90 bits per heavy atom. The Kier molecular flexibility index (Phi) is 6.09. The van der Waals surface area contributed by atoms with Gasteiger partial charge in [0.15, 0.2) is 0 Å². The van der Waals surface area contributed by atoms with E-state index in [1.807, 2.05) is 0 Å². The highest BCUT2D eigenvalue weighted by atomic mass is 35.5. The van der Waals surface area contributed by atoms with Crippen LogP contribution >= 0.6 is 12.4 Å². The summed E-state index contributed by atoms with van der Waals surface area (Å²) in [7, 11) is 0. The maximum atomic E-state index is 3.69. The molecule has 2 saturated heterocycles. The molecule has 1 unspecified atom stereocenters. The molecule has 21 heavy (non-hydrogen) atoms. The summed E-state index contributed by atoms with van der Waals surface area (Å²) >= 11 is 0. The number of nitrogens with zero attached hydrogens (tertiary/aromatic N) is 1. The van der Waals surface area contributed by atoms with Crippen LogP contribution in [0, 0.1) is 19.8 Å². The molecule has 2 aliphatic rings. The molecule has 3 heteroatoms. The Balaban J connectivity index is 0.00000161. The van der Waals surface area contributed by atoms with Gasteiger partial charge in [0.05, 0.1) is 0 Å². The molecule has 1 aromatic carbocycles. The van der Waals surface area contributed by atoms with Crippen molar-refractivity contribution in [2.75, 3.05) is 19.6 Å². The van der Waals surface area contributed by atoms with Gasteiger partial charge >= 0.3 is 0 Å². The van der Waals surface area contributed by atoms with Crippen LogP contribution in [0.3, 0.4) is 0 Å². The third-order valence-corrected chi connectivity index (χ3v) is 5.19. The highest BCUT2D eigenvalue weighted by molar-refractivity contribution is 5.85. The van der Waals surface area contributed by atoms with Crippen molar-refractivity contribution < 1.29 is 0 Å². The van der Waals surface area contributed by atoms with Gasteiger partial charge in [-0.2, -0.15) is 0 Å². The van der Waals surface area contributed by atoms with Crippen LogP contribution in [0.2, 0.25) is 0 Å². The Labute approximate surface area is 135 Å². The van der Waals surface area contributed by atoms with Crippen molar-refractivity contribution in [3.63, 3.8) is 0 Å². The largest absolute Gasteiger partial charge is 0.314 e. The summed E-state index contributed by atoms with van der Waals surface area (Å²) in [6.07, 6.45) is 5.54. The normalized spacial score (nSPS) is 24.0. The van der Waals surface area contributed by atoms with Gasteiger partial charge in [0.1, 0.15) is 0 Å². The smallest absolute Gasteiger partial charge is 0.0236 e. The van der Waals surface area contributed by atoms with Crippen LogP contribution < -0.4 is 5.32 Å². The van der Waals surface area contributed by atoms with Crippen molar-refractivity contribution in [3.8, 4) is 0 Å². The number of piperidine rings is 1. The summed E-state index contributed by atoms with van der Waals surface area (Å²) in [6.45, 7) is 9.35. The quantitative estimate of drug-likeness (QED) is 0.916. The average molecular weight is 309 g/mol. The molecule has 2 heterocycles. The van der Waals surface area contributed by atoms with E-state index in [9.17, 15) is 0 Å². The van der Waals surface area contributed by atoms with Crippen LogP contribution in [0.1, 0.15) is 42.4 Å². The van der Waals surface area contributed by atoms with E-state index in [1.54, 1.807) is 0 Å². The second-order valence-corrected chi connectivity index (χ2v) is 6.75. The molecule has 0 aliphatic carbocycles. The minimum Gasteiger partial charge on any atom is -0.314 e. The number of aryl methyl sites for hydroxylation is 2. The molecule has 2 nitrogen and oxygen atoms in total. The molecule has 2 aliphatic heterocycles. The molecule has 0 bridgehead atoms. The standard InChI is InChI=1S/C18H28N2.ClH/c1-14-5-6-17(15(2)12-14)13-20-10-7-16(8-11-20)18-4-3-9-19-18;/h5-6,12,16,18-19H,3-4,7-11,13H2,1-2H3;1H. The number of likely N-dealkylation sites (tertiary alicyclic amines) is 1. The number of rotatable bonds is 3. The first-order valence-electron chi connectivity index (χ1n) is 8.24. The SMILES string of the molecule is Cc1ccc(CN2CCC(C3CCCN3)CC2)c(C)c1.Cl. The van der Waals surface area contributed by atoms with Gasteiger partial charge in [-0.1, -0.05) is 23.8 Å². The predicted octanol–water partition coefficient (Wildman–Crippen LogP) is 3.69. The molecular weight excluding hydrogens is 280 g/mol.